The number of aromatic nitrogens is 3. The molecule has 0 atom stereocenters. The summed E-state index contributed by atoms with van der Waals surface area (Å²) in [6.45, 7) is 6.82. The molecule has 0 unspecified atom stereocenters. The number of hydrogen-bond donors (Lipinski definition) is 0. The minimum Gasteiger partial charge on any atom is -0.497 e. The van der Waals surface area contributed by atoms with Gasteiger partial charge in [0.25, 0.3) is 0 Å². The first-order valence-electron chi connectivity index (χ1n) is 9.81. The molecule has 2 aromatic carbocycles. The molecule has 29 heavy (non-hydrogen) atoms. The van der Waals surface area contributed by atoms with E-state index in [1.165, 1.54) is 5.56 Å². The van der Waals surface area contributed by atoms with Crippen molar-refractivity contribution >= 4 is 5.65 Å². The first kappa shape index (κ1) is 19.0. The van der Waals surface area contributed by atoms with E-state index in [1.807, 2.05) is 36.5 Å². The number of nitrogens with zero attached hydrogens (tertiary/aromatic N) is 3. The lowest BCUT2D eigenvalue weighted by molar-refractivity contribution is 0.415. The van der Waals surface area contributed by atoms with E-state index in [1.54, 1.807) is 16.2 Å². The summed E-state index contributed by atoms with van der Waals surface area (Å²) < 4.78 is 8.51. The Morgan fingerprint density at radius 2 is 1.62 bits per heavy atom. The van der Waals surface area contributed by atoms with E-state index in [0.717, 1.165) is 28.0 Å². The molecule has 0 N–H and O–H groups in total. The van der Waals surface area contributed by atoms with Crippen LogP contribution in [0.2, 0.25) is 0 Å². The summed E-state index contributed by atoms with van der Waals surface area (Å²) in [5.74, 6) is 1.14. The van der Waals surface area contributed by atoms with Crippen molar-refractivity contribution in [2.24, 2.45) is 5.92 Å². The first-order chi connectivity index (χ1) is 14.0. The molecule has 4 rings (SSSR count). The molecule has 0 bridgehead atoms. The monoisotopic (exact) mass is 387 g/mol. The van der Waals surface area contributed by atoms with Gasteiger partial charge in [0.2, 0.25) is 0 Å². The molecule has 2 aromatic heterocycles. The van der Waals surface area contributed by atoms with Gasteiger partial charge in [-0.25, -0.2) is 13.9 Å². The molecule has 0 fully saturated rings. The fourth-order valence-corrected chi connectivity index (χ4v) is 3.56. The molecular weight excluding hydrogens is 362 g/mol. The van der Waals surface area contributed by atoms with Gasteiger partial charge in [0.15, 0.2) is 5.65 Å². The lowest BCUT2D eigenvalue weighted by atomic mass is 9.95. The first-order valence-corrected chi connectivity index (χ1v) is 9.81. The molecule has 2 heterocycles. The van der Waals surface area contributed by atoms with E-state index < -0.39 is 0 Å². The van der Waals surface area contributed by atoms with Gasteiger partial charge >= 0.3 is 5.69 Å². The normalized spacial score (nSPS) is 11.3. The number of pyridine rings is 1. The maximum absolute atomic E-state index is 12.9. The van der Waals surface area contributed by atoms with Crippen molar-refractivity contribution in [1.82, 2.24) is 14.2 Å². The van der Waals surface area contributed by atoms with Crippen LogP contribution in [0.4, 0.5) is 0 Å². The number of aryl methyl sites for hydroxylation is 1. The van der Waals surface area contributed by atoms with Crippen molar-refractivity contribution < 1.29 is 4.74 Å². The van der Waals surface area contributed by atoms with E-state index in [9.17, 15) is 4.79 Å². The number of rotatable bonds is 5. The highest BCUT2D eigenvalue weighted by Gasteiger charge is 2.18. The predicted octanol–water partition coefficient (Wildman–Crippen LogP) is 4.80. The Kier molecular flexibility index (Phi) is 4.97. The van der Waals surface area contributed by atoms with Crippen molar-refractivity contribution in [3.63, 3.8) is 0 Å². The smallest absolute Gasteiger partial charge is 0.350 e. The van der Waals surface area contributed by atoms with Gasteiger partial charge < -0.3 is 4.74 Å². The summed E-state index contributed by atoms with van der Waals surface area (Å²) in [5, 5.41) is 4.71. The van der Waals surface area contributed by atoms with Crippen LogP contribution in [0.15, 0.2) is 65.6 Å². The van der Waals surface area contributed by atoms with Crippen LogP contribution >= 0.6 is 0 Å². The van der Waals surface area contributed by atoms with Crippen molar-refractivity contribution in [2.45, 2.75) is 27.3 Å². The minimum atomic E-state index is -0.108. The SMILES string of the molecule is COc1ccc(-c2ccn3c(=O)n(CC(C)C)nc3c2-c2ccc(C)cc2)cc1. The summed E-state index contributed by atoms with van der Waals surface area (Å²) >= 11 is 0. The average Bonchev–Trinajstić information content (AvgIpc) is 3.03. The van der Waals surface area contributed by atoms with Crippen LogP contribution in [-0.4, -0.2) is 21.3 Å². The van der Waals surface area contributed by atoms with Gasteiger partial charge in [-0.05, 0) is 47.7 Å². The van der Waals surface area contributed by atoms with Crippen LogP contribution in [-0.2, 0) is 6.54 Å². The highest BCUT2D eigenvalue weighted by molar-refractivity contribution is 5.91. The third kappa shape index (κ3) is 3.56. The number of benzene rings is 2. The summed E-state index contributed by atoms with van der Waals surface area (Å²) in [6, 6.07) is 18.3. The molecule has 4 aromatic rings. The van der Waals surface area contributed by atoms with Crippen molar-refractivity contribution in [3.8, 4) is 28.0 Å². The Bertz CT molecular complexity index is 1200. The molecule has 0 aliphatic rings. The van der Waals surface area contributed by atoms with Crippen LogP contribution in [0.5, 0.6) is 5.75 Å². The van der Waals surface area contributed by atoms with Crippen molar-refractivity contribution in [1.29, 1.82) is 0 Å². The molecule has 5 heteroatoms. The van der Waals surface area contributed by atoms with Gasteiger partial charge in [-0.2, -0.15) is 0 Å². The molecular formula is C24H25N3O2. The Hall–Kier alpha value is -3.34. The van der Waals surface area contributed by atoms with Gasteiger partial charge in [-0.3, -0.25) is 0 Å². The second-order valence-electron chi connectivity index (χ2n) is 7.75. The van der Waals surface area contributed by atoms with Crippen LogP contribution in [0.25, 0.3) is 27.9 Å². The Morgan fingerprint density at radius 1 is 0.966 bits per heavy atom. The molecule has 0 saturated carbocycles. The molecule has 148 valence electrons. The van der Waals surface area contributed by atoms with E-state index in [4.69, 9.17) is 9.84 Å². The molecule has 0 aliphatic heterocycles. The predicted molar refractivity (Wildman–Crippen MR) is 116 cm³/mol. The number of fused-ring (bicyclic) bond motifs is 1. The summed E-state index contributed by atoms with van der Waals surface area (Å²) in [6.07, 6.45) is 1.82. The second-order valence-corrected chi connectivity index (χ2v) is 7.75. The lowest BCUT2D eigenvalue weighted by Crippen LogP contribution is -2.23. The van der Waals surface area contributed by atoms with Crippen LogP contribution in [0, 0.1) is 12.8 Å². The summed E-state index contributed by atoms with van der Waals surface area (Å²) in [4.78, 5) is 12.9. The van der Waals surface area contributed by atoms with E-state index in [-0.39, 0.29) is 5.69 Å². The molecule has 0 radical (unpaired) electrons. The highest BCUT2D eigenvalue weighted by atomic mass is 16.5. The van der Waals surface area contributed by atoms with Crippen molar-refractivity contribution in [3.05, 3.63) is 76.8 Å². The zero-order valence-electron chi connectivity index (χ0n) is 17.2. The fraction of sp³-hybridized carbons (Fsp3) is 0.250. The second kappa shape index (κ2) is 7.59. The molecule has 0 amide bonds. The standard InChI is InChI=1S/C24H25N3O2/c1-16(2)15-27-24(28)26-14-13-21(18-9-11-20(29-4)12-10-18)22(23(26)25-27)19-7-5-17(3)6-8-19/h5-14,16H,15H2,1-4H3. The Morgan fingerprint density at radius 3 is 2.24 bits per heavy atom. The summed E-state index contributed by atoms with van der Waals surface area (Å²) in [5.41, 5.74) is 5.83. The number of ether oxygens (including phenoxy) is 1. The molecule has 5 nitrogen and oxygen atoms in total. The van der Waals surface area contributed by atoms with Gasteiger partial charge in [0.05, 0.1) is 7.11 Å². The molecule has 0 spiro atoms. The van der Waals surface area contributed by atoms with Crippen LogP contribution < -0.4 is 10.4 Å². The quantitative estimate of drug-likeness (QED) is 0.494. The maximum atomic E-state index is 12.9. The van der Waals surface area contributed by atoms with E-state index in [2.05, 4.69) is 45.0 Å². The molecule has 0 aliphatic carbocycles. The van der Waals surface area contributed by atoms with Gasteiger partial charge in [-0.1, -0.05) is 55.8 Å². The fourth-order valence-electron chi connectivity index (χ4n) is 3.56. The van der Waals surface area contributed by atoms with Gasteiger partial charge in [-0.15, -0.1) is 5.10 Å². The largest absolute Gasteiger partial charge is 0.497 e. The highest BCUT2D eigenvalue weighted by Crippen LogP contribution is 2.35. The van der Waals surface area contributed by atoms with Crippen molar-refractivity contribution in [2.75, 3.05) is 7.11 Å². The Balaban J connectivity index is 2.00. The maximum Gasteiger partial charge on any atom is 0.350 e. The molecule has 0 saturated heterocycles. The lowest BCUT2D eigenvalue weighted by Gasteiger charge is -2.12. The third-order valence-electron chi connectivity index (χ3n) is 5.03. The summed E-state index contributed by atoms with van der Waals surface area (Å²) in [7, 11) is 1.66. The van der Waals surface area contributed by atoms with Crippen LogP contribution in [0.3, 0.4) is 0 Å². The zero-order chi connectivity index (χ0) is 20.5. The van der Waals surface area contributed by atoms with E-state index in [0.29, 0.717) is 18.1 Å². The topological polar surface area (TPSA) is 48.5 Å². The van der Waals surface area contributed by atoms with E-state index >= 15 is 0 Å². The Labute approximate surface area is 170 Å². The van der Waals surface area contributed by atoms with Gasteiger partial charge in [0, 0.05) is 18.3 Å². The third-order valence-corrected chi connectivity index (χ3v) is 5.03. The number of methoxy groups -OCH3 is 1. The average molecular weight is 387 g/mol. The number of hydrogen-bond acceptors (Lipinski definition) is 3. The van der Waals surface area contributed by atoms with Crippen LogP contribution in [0.1, 0.15) is 19.4 Å². The van der Waals surface area contributed by atoms with Gasteiger partial charge in [0.1, 0.15) is 5.75 Å². The minimum absolute atomic E-state index is 0.108. The zero-order valence-corrected chi connectivity index (χ0v) is 17.2.